The fraction of sp³-hybridized carbons (Fsp3) is 0.357. The van der Waals surface area contributed by atoms with Crippen molar-refractivity contribution in [3.63, 3.8) is 0 Å². The zero-order valence-corrected chi connectivity index (χ0v) is 12.2. The molecular formula is C14H18N2O2S. The van der Waals surface area contributed by atoms with Crippen LogP contribution in [-0.4, -0.2) is 31.5 Å². The van der Waals surface area contributed by atoms with Gasteiger partial charge in [-0.1, -0.05) is 18.2 Å². The number of nitrogens with zero attached hydrogens (tertiary/aromatic N) is 1. The van der Waals surface area contributed by atoms with Crippen LogP contribution in [0.4, 0.5) is 5.69 Å². The molecule has 0 saturated carbocycles. The van der Waals surface area contributed by atoms with Gasteiger partial charge in [-0.3, -0.25) is 4.98 Å². The summed E-state index contributed by atoms with van der Waals surface area (Å²) in [4.78, 5) is 4.46. The largest absolute Gasteiger partial charge is 0.381 e. The molecule has 0 aliphatic carbocycles. The summed E-state index contributed by atoms with van der Waals surface area (Å²) >= 11 is 0. The number of hydrogen-bond donors (Lipinski definition) is 1. The maximum Gasteiger partial charge on any atom is 0.149 e. The summed E-state index contributed by atoms with van der Waals surface area (Å²) in [6.45, 7) is 3.80. The van der Waals surface area contributed by atoms with Gasteiger partial charge in [0.05, 0.1) is 11.3 Å². The van der Waals surface area contributed by atoms with Crippen LogP contribution in [-0.2, 0) is 9.84 Å². The number of pyridine rings is 1. The van der Waals surface area contributed by atoms with E-state index in [2.05, 4.69) is 10.3 Å². The van der Waals surface area contributed by atoms with E-state index in [1.54, 1.807) is 0 Å². The Kier molecular flexibility index (Phi) is 3.75. The van der Waals surface area contributed by atoms with Crippen molar-refractivity contribution in [1.29, 1.82) is 0 Å². The molecule has 2 rings (SSSR count). The van der Waals surface area contributed by atoms with Crippen LogP contribution in [0.2, 0.25) is 0 Å². The molecule has 5 heteroatoms. The maximum absolute atomic E-state index is 11.3. The number of nitrogens with one attached hydrogen (secondary N) is 1. The first-order chi connectivity index (χ1) is 8.85. The van der Waals surface area contributed by atoms with E-state index in [1.165, 1.54) is 6.26 Å². The normalized spacial score (nSPS) is 13.4. The molecule has 1 aromatic carbocycles. The van der Waals surface area contributed by atoms with Gasteiger partial charge in [0.1, 0.15) is 9.84 Å². The molecule has 1 aromatic heterocycles. The fourth-order valence-electron chi connectivity index (χ4n) is 2.19. The molecule has 1 N–H and O–H groups in total. The van der Waals surface area contributed by atoms with Crippen LogP contribution < -0.4 is 5.32 Å². The van der Waals surface area contributed by atoms with Crippen LogP contribution in [0, 0.1) is 6.92 Å². The fourth-order valence-corrected chi connectivity index (χ4v) is 3.18. The van der Waals surface area contributed by atoms with Crippen LogP contribution in [0.25, 0.3) is 10.9 Å². The summed E-state index contributed by atoms with van der Waals surface area (Å²) in [5.41, 5.74) is 2.75. The third kappa shape index (κ3) is 3.67. The van der Waals surface area contributed by atoms with E-state index in [9.17, 15) is 8.42 Å². The molecule has 0 saturated heterocycles. The molecule has 4 nitrogen and oxygen atoms in total. The second-order valence-corrected chi connectivity index (χ2v) is 7.15. The van der Waals surface area contributed by atoms with Crippen LogP contribution in [0.1, 0.15) is 12.6 Å². The van der Waals surface area contributed by atoms with Crippen molar-refractivity contribution in [2.24, 2.45) is 0 Å². The minimum atomic E-state index is -2.98. The number of aromatic nitrogens is 1. The number of para-hydroxylation sites is 1. The summed E-state index contributed by atoms with van der Waals surface area (Å²) in [7, 11) is -2.98. The highest BCUT2D eigenvalue weighted by Crippen LogP contribution is 2.23. The molecule has 0 spiro atoms. The number of aryl methyl sites for hydroxylation is 1. The van der Waals surface area contributed by atoms with Crippen LogP contribution in [0.5, 0.6) is 0 Å². The molecule has 1 heterocycles. The van der Waals surface area contributed by atoms with E-state index < -0.39 is 9.84 Å². The van der Waals surface area contributed by atoms with Crippen molar-refractivity contribution in [2.45, 2.75) is 19.9 Å². The second kappa shape index (κ2) is 5.17. The van der Waals surface area contributed by atoms with E-state index in [1.807, 2.05) is 44.2 Å². The van der Waals surface area contributed by atoms with Gasteiger partial charge in [-0.2, -0.15) is 0 Å². The quantitative estimate of drug-likeness (QED) is 0.933. The van der Waals surface area contributed by atoms with E-state index in [0.717, 1.165) is 22.3 Å². The van der Waals surface area contributed by atoms with Gasteiger partial charge in [0.2, 0.25) is 0 Å². The number of sulfone groups is 1. The van der Waals surface area contributed by atoms with Crippen molar-refractivity contribution < 1.29 is 8.42 Å². The van der Waals surface area contributed by atoms with Crippen molar-refractivity contribution in [1.82, 2.24) is 4.98 Å². The molecular weight excluding hydrogens is 260 g/mol. The lowest BCUT2D eigenvalue weighted by molar-refractivity contribution is 0.598. The van der Waals surface area contributed by atoms with Gasteiger partial charge in [0.25, 0.3) is 0 Å². The summed E-state index contributed by atoms with van der Waals surface area (Å²) < 4.78 is 22.6. The second-order valence-electron chi connectivity index (χ2n) is 4.97. The Hall–Kier alpha value is -1.62. The Balaban J connectivity index is 2.34. The SMILES string of the molecule is Cc1cc(NC(C)CS(C)(=O)=O)c2ccccc2n1. The Morgan fingerprint density at radius 2 is 2.00 bits per heavy atom. The molecule has 0 aliphatic heterocycles. The third-order valence-electron chi connectivity index (χ3n) is 2.80. The minimum absolute atomic E-state index is 0.114. The standard InChI is InChI=1S/C14H18N2O2S/c1-10-8-14(16-11(2)9-19(3,17)18)12-6-4-5-7-13(12)15-10/h4-8,11H,9H2,1-3H3,(H,15,16). The van der Waals surface area contributed by atoms with Crippen LogP contribution in [0.15, 0.2) is 30.3 Å². The van der Waals surface area contributed by atoms with Crippen molar-refractivity contribution in [3.05, 3.63) is 36.0 Å². The lowest BCUT2D eigenvalue weighted by Gasteiger charge is -2.16. The number of rotatable bonds is 4. The molecule has 102 valence electrons. The minimum Gasteiger partial charge on any atom is -0.381 e. The summed E-state index contributed by atoms with van der Waals surface area (Å²) in [6.07, 6.45) is 1.25. The van der Waals surface area contributed by atoms with Gasteiger partial charge >= 0.3 is 0 Å². The number of benzene rings is 1. The molecule has 0 aliphatic rings. The summed E-state index contributed by atoms with van der Waals surface area (Å²) in [5, 5.41) is 4.27. The molecule has 19 heavy (non-hydrogen) atoms. The topological polar surface area (TPSA) is 59.1 Å². The molecule has 0 bridgehead atoms. The highest BCUT2D eigenvalue weighted by molar-refractivity contribution is 7.90. The van der Waals surface area contributed by atoms with Gasteiger partial charge in [0.15, 0.2) is 0 Å². The Morgan fingerprint density at radius 3 is 2.68 bits per heavy atom. The average molecular weight is 278 g/mol. The highest BCUT2D eigenvalue weighted by Gasteiger charge is 2.12. The number of hydrogen-bond acceptors (Lipinski definition) is 4. The first-order valence-corrected chi connectivity index (χ1v) is 8.22. The zero-order valence-electron chi connectivity index (χ0n) is 11.3. The number of anilines is 1. The molecule has 0 amide bonds. The van der Waals surface area contributed by atoms with Crippen molar-refractivity contribution in [2.75, 3.05) is 17.3 Å². The molecule has 1 unspecified atom stereocenters. The lowest BCUT2D eigenvalue weighted by Crippen LogP contribution is -2.25. The van der Waals surface area contributed by atoms with E-state index in [0.29, 0.717) is 0 Å². The van der Waals surface area contributed by atoms with E-state index in [4.69, 9.17) is 0 Å². The van der Waals surface area contributed by atoms with Gasteiger partial charge in [0, 0.05) is 29.1 Å². The van der Waals surface area contributed by atoms with Crippen molar-refractivity contribution in [3.8, 4) is 0 Å². The Labute approximate surface area is 113 Å². The average Bonchev–Trinajstić information content (AvgIpc) is 2.25. The first-order valence-electron chi connectivity index (χ1n) is 6.16. The Morgan fingerprint density at radius 1 is 1.32 bits per heavy atom. The third-order valence-corrected chi connectivity index (χ3v) is 3.90. The van der Waals surface area contributed by atoms with Crippen LogP contribution in [0.3, 0.4) is 0 Å². The summed E-state index contributed by atoms with van der Waals surface area (Å²) in [6, 6.07) is 9.64. The van der Waals surface area contributed by atoms with Gasteiger partial charge in [-0.25, -0.2) is 8.42 Å². The molecule has 1 atom stereocenters. The van der Waals surface area contributed by atoms with E-state index >= 15 is 0 Å². The molecule has 0 radical (unpaired) electrons. The predicted molar refractivity (Wildman–Crippen MR) is 79.3 cm³/mol. The Bertz CT molecular complexity index is 696. The zero-order chi connectivity index (χ0) is 14.0. The maximum atomic E-state index is 11.3. The lowest BCUT2D eigenvalue weighted by atomic mass is 10.1. The summed E-state index contributed by atoms with van der Waals surface area (Å²) in [5.74, 6) is 0.114. The van der Waals surface area contributed by atoms with Gasteiger partial charge in [-0.05, 0) is 26.0 Å². The number of fused-ring (bicyclic) bond motifs is 1. The predicted octanol–water partition coefficient (Wildman–Crippen LogP) is 2.39. The van der Waals surface area contributed by atoms with E-state index in [-0.39, 0.29) is 11.8 Å². The highest BCUT2D eigenvalue weighted by atomic mass is 32.2. The molecule has 2 aromatic rings. The van der Waals surface area contributed by atoms with Gasteiger partial charge in [-0.15, -0.1) is 0 Å². The van der Waals surface area contributed by atoms with Crippen molar-refractivity contribution >= 4 is 26.4 Å². The van der Waals surface area contributed by atoms with Gasteiger partial charge < -0.3 is 5.32 Å². The van der Waals surface area contributed by atoms with Crippen LogP contribution >= 0.6 is 0 Å². The monoisotopic (exact) mass is 278 g/mol. The first kappa shape index (κ1) is 13.8. The molecule has 0 fully saturated rings. The smallest absolute Gasteiger partial charge is 0.149 e.